The summed E-state index contributed by atoms with van der Waals surface area (Å²) in [5.74, 6) is 0.934. The lowest BCUT2D eigenvalue weighted by molar-refractivity contribution is -0.124. The molecule has 9 heteroatoms. The van der Waals surface area contributed by atoms with Gasteiger partial charge in [-0.1, -0.05) is 12.1 Å². The summed E-state index contributed by atoms with van der Waals surface area (Å²) in [6, 6.07) is 6.87. The zero-order valence-electron chi connectivity index (χ0n) is 19.1. The van der Waals surface area contributed by atoms with Gasteiger partial charge in [-0.2, -0.15) is 0 Å². The molecule has 178 valence electrons. The number of phenols is 1. The van der Waals surface area contributed by atoms with E-state index in [0.29, 0.717) is 23.7 Å². The Balaban J connectivity index is 1.67. The molecule has 0 fully saturated rings. The lowest BCUT2D eigenvalue weighted by Crippen LogP contribution is -2.42. The van der Waals surface area contributed by atoms with Crippen molar-refractivity contribution >= 4 is 23.4 Å². The summed E-state index contributed by atoms with van der Waals surface area (Å²) < 4.78 is 33.2. The third kappa shape index (κ3) is 5.36. The Hall–Kier alpha value is -2.91. The summed E-state index contributed by atoms with van der Waals surface area (Å²) in [7, 11) is 0. The molecule has 0 bridgehead atoms. The number of amides is 2. The molecule has 0 radical (unpaired) electrons. The van der Waals surface area contributed by atoms with Gasteiger partial charge >= 0.3 is 0 Å². The maximum atomic E-state index is 11.8. The van der Waals surface area contributed by atoms with Gasteiger partial charge in [-0.3, -0.25) is 14.9 Å². The molecule has 0 spiro atoms. The first-order chi connectivity index (χ1) is 15.6. The number of ether oxygens (including phenoxy) is 2. The van der Waals surface area contributed by atoms with E-state index in [-0.39, 0.29) is 12.8 Å². The summed E-state index contributed by atoms with van der Waals surface area (Å²) in [4.78, 5) is 22.2. The Labute approximate surface area is 195 Å². The lowest BCUT2D eigenvalue weighted by atomic mass is 9.87. The van der Waals surface area contributed by atoms with E-state index in [1.54, 1.807) is 24.3 Å². The Morgan fingerprint density at radius 2 is 1.91 bits per heavy atom. The number of fused-ring (bicyclic) bond motifs is 1. The molecule has 1 aliphatic heterocycles. The second-order valence-electron chi connectivity index (χ2n) is 8.61. The first kappa shape index (κ1) is 24.7. The largest absolute Gasteiger partial charge is 0.507 e. The number of rotatable bonds is 8. The molecule has 0 aromatic heterocycles. The van der Waals surface area contributed by atoms with Crippen LogP contribution >= 0.6 is 0 Å². The average Bonchev–Trinajstić information content (AvgIpc) is 2.79. The van der Waals surface area contributed by atoms with E-state index in [1.165, 1.54) is 0 Å². The molecule has 1 unspecified atom stereocenters. The van der Waals surface area contributed by atoms with Gasteiger partial charge in [0, 0.05) is 5.56 Å². The van der Waals surface area contributed by atoms with Crippen molar-refractivity contribution in [3.8, 4) is 17.2 Å². The van der Waals surface area contributed by atoms with Crippen LogP contribution in [0.15, 0.2) is 24.3 Å². The highest BCUT2D eigenvalue weighted by molar-refractivity contribution is 7.80. The van der Waals surface area contributed by atoms with E-state index < -0.39 is 27.8 Å². The van der Waals surface area contributed by atoms with Crippen molar-refractivity contribution in [2.45, 2.75) is 57.8 Å². The first-order valence-electron chi connectivity index (χ1n) is 10.6. The third-order valence-corrected chi connectivity index (χ3v) is 7.09. The van der Waals surface area contributed by atoms with Crippen molar-refractivity contribution < 1.29 is 32.9 Å². The Kier molecular flexibility index (Phi) is 7.44. The van der Waals surface area contributed by atoms with Crippen molar-refractivity contribution in [2.24, 2.45) is 0 Å². The molecular weight excluding hydrogens is 446 g/mol. The maximum Gasteiger partial charge on any atom is 0.244 e. The number of nitrogens with one attached hydrogen (secondary N) is 1. The van der Waals surface area contributed by atoms with Crippen molar-refractivity contribution in [2.75, 3.05) is 6.61 Å². The van der Waals surface area contributed by atoms with Crippen LogP contribution in [0.4, 0.5) is 0 Å². The Morgan fingerprint density at radius 1 is 1.24 bits per heavy atom. The van der Waals surface area contributed by atoms with E-state index in [2.05, 4.69) is 0 Å². The minimum absolute atomic E-state index is 0.00546. The van der Waals surface area contributed by atoms with Gasteiger partial charge in [-0.25, -0.2) is 4.21 Å². The summed E-state index contributed by atoms with van der Waals surface area (Å²) in [6.45, 7) is 8.04. The molecule has 3 N–H and O–H groups in total. The van der Waals surface area contributed by atoms with Crippen LogP contribution in [-0.2, 0) is 33.5 Å². The highest BCUT2D eigenvalue weighted by Crippen LogP contribution is 2.43. The summed E-state index contributed by atoms with van der Waals surface area (Å²) in [6.07, 6.45) is 1.71. The minimum Gasteiger partial charge on any atom is -0.507 e. The predicted molar refractivity (Wildman–Crippen MR) is 124 cm³/mol. The smallest absolute Gasteiger partial charge is 0.244 e. The average molecular weight is 476 g/mol. The van der Waals surface area contributed by atoms with Gasteiger partial charge in [-0.05, 0) is 81.3 Å². The van der Waals surface area contributed by atoms with Gasteiger partial charge in [0.1, 0.15) is 34.7 Å². The summed E-state index contributed by atoms with van der Waals surface area (Å²) in [5, 5.41) is 11.0. The van der Waals surface area contributed by atoms with E-state index in [4.69, 9.17) is 9.47 Å². The molecule has 1 aliphatic rings. The summed E-state index contributed by atoms with van der Waals surface area (Å²) in [5.41, 5.74) is 3.75. The van der Waals surface area contributed by atoms with Crippen LogP contribution in [0.5, 0.6) is 17.2 Å². The predicted octanol–water partition coefficient (Wildman–Crippen LogP) is 2.89. The normalized spacial score (nSPS) is 19.1. The molecule has 0 saturated carbocycles. The maximum absolute atomic E-state index is 11.8. The van der Waals surface area contributed by atoms with Crippen LogP contribution in [0, 0.1) is 20.8 Å². The molecule has 3 rings (SSSR count). The molecule has 33 heavy (non-hydrogen) atoms. The van der Waals surface area contributed by atoms with Gasteiger partial charge in [0.05, 0.1) is 0 Å². The van der Waals surface area contributed by atoms with Crippen LogP contribution in [0.3, 0.4) is 0 Å². The quantitative estimate of drug-likeness (QED) is 0.396. The monoisotopic (exact) mass is 475 g/mol. The molecule has 1 heterocycles. The zero-order valence-corrected chi connectivity index (χ0v) is 20.0. The van der Waals surface area contributed by atoms with Crippen molar-refractivity contribution in [1.82, 2.24) is 5.32 Å². The van der Waals surface area contributed by atoms with Crippen LogP contribution in [-0.4, -0.2) is 43.6 Å². The second kappa shape index (κ2) is 9.93. The molecule has 2 amide bonds. The van der Waals surface area contributed by atoms with Crippen molar-refractivity contribution in [3.63, 3.8) is 0 Å². The fraction of sp³-hybridized carbons (Fsp3) is 0.417. The standard InChI is InChI=1S/C24H29NO7S/c1-14-15(2)22-19(16(3)21(14)27)9-10-24(4,32-22)12-31-18-7-5-17(6-8-18)11-20(33(29)30)23(28)25-13-26/h5-8,13,20,27H,9-12H2,1-4H3,(H,29,30)(H,25,26,28)/t20-,24-/m0/s1. The number of imide groups is 1. The van der Waals surface area contributed by atoms with Gasteiger partial charge in [0.25, 0.3) is 0 Å². The first-order valence-corrected chi connectivity index (χ1v) is 11.8. The number of hydrogen-bond acceptors (Lipinski definition) is 6. The van der Waals surface area contributed by atoms with E-state index in [1.807, 2.05) is 33.0 Å². The number of benzene rings is 2. The van der Waals surface area contributed by atoms with Crippen LogP contribution in [0.25, 0.3) is 0 Å². The molecule has 2 aromatic carbocycles. The number of phenolic OH excluding ortho intramolecular Hbond substituents is 1. The molecule has 8 nitrogen and oxygen atoms in total. The number of hydrogen-bond donors (Lipinski definition) is 3. The molecular formula is C24H29NO7S. The molecule has 3 atom stereocenters. The van der Waals surface area contributed by atoms with Crippen LogP contribution in [0.2, 0.25) is 0 Å². The van der Waals surface area contributed by atoms with Crippen molar-refractivity contribution in [1.29, 1.82) is 0 Å². The van der Waals surface area contributed by atoms with E-state index >= 15 is 0 Å². The second-order valence-corrected chi connectivity index (χ2v) is 9.73. The lowest BCUT2D eigenvalue weighted by Gasteiger charge is -2.37. The van der Waals surface area contributed by atoms with Gasteiger partial charge in [-0.15, -0.1) is 0 Å². The highest BCUT2D eigenvalue weighted by Gasteiger charge is 2.35. The fourth-order valence-electron chi connectivity index (χ4n) is 3.97. The van der Waals surface area contributed by atoms with Gasteiger partial charge in [0.2, 0.25) is 12.3 Å². The van der Waals surface area contributed by atoms with E-state index in [0.717, 1.165) is 40.8 Å². The number of carbonyl (C=O) groups excluding carboxylic acids is 2. The Morgan fingerprint density at radius 3 is 2.52 bits per heavy atom. The van der Waals surface area contributed by atoms with Gasteiger partial charge < -0.3 is 19.1 Å². The third-order valence-electron chi connectivity index (χ3n) is 6.22. The van der Waals surface area contributed by atoms with Crippen molar-refractivity contribution in [3.05, 3.63) is 52.1 Å². The Bertz CT molecular complexity index is 1080. The number of carbonyl (C=O) groups is 2. The summed E-state index contributed by atoms with van der Waals surface area (Å²) >= 11 is -2.41. The zero-order chi connectivity index (χ0) is 24.3. The molecule has 2 aromatic rings. The van der Waals surface area contributed by atoms with Crippen LogP contribution in [0.1, 0.15) is 41.2 Å². The fourth-order valence-corrected chi connectivity index (χ4v) is 4.56. The topological polar surface area (TPSA) is 122 Å². The van der Waals surface area contributed by atoms with Crippen LogP contribution < -0.4 is 14.8 Å². The number of aromatic hydroxyl groups is 1. The molecule has 0 saturated heterocycles. The highest BCUT2D eigenvalue weighted by atomic mass is 32.2. The minimum atomic E-state index is -2.41. The molecule has 0 aliphatic carbocycles. The van der Waals surface area contributed by atoms with Gasteiger partial charge in [0.15, 0.2) is 11.1 Å². The van der Waals surface area contributed by atoms with E-state index in [9.17, 15) is 23.5 Å². The SMILES string of the molecule is Cc1c(C)c2c(c(C)c1O)CC[C@@](C)(COc1ccc(C[C@@H](C(=O)NC=O)S(=O)O)cc1)O2.